The van der Waals surface area contributed by atoms with E-state index in [0.29, 0.717) is 0 Å². The van der Waals surface area contributed by atoms with Crippen LogP contribution in [0, 0.1) is 0 Å². The lowest BCUT2D eigenvalue weighted by Gasteiger charge is -2.08. The Morgan fingerprint density at radius 3 is 2.78 bits per heavy atom. The van der Waals surface area contributed by atoms with Gasteiger partial charge in [0.15, 0.2) is 10.6 Å². The minimum absolute atomic E-state index is 0.824. The molecule has 0 fully saturated rings. The topological polar surface area (TPSA) is 57.5 Å². The Balaban J connectivity index is 1.64. The fraction of sp³-hybridized carbons (Fsp3) is 0.200. The minimum atomic E-state index is 0.824. The monoisotopic (exact) mass is 380 g/mol. The van der Waals surface area contributed by atoms with Crippen LogP contribution >= 0.6 is 11.3 Å². The van der Waals surface area contributed by atoms with Gasteiger partial charge in [-0.1, -0.05) is 0 Å². The summed E-state index contributed by atoms with van der Waals surface area (Å²) in [6, 6.07) is 11.6. The summed E-state index contributed by atoms with van der Waals surface area (Å²) >= 11 is 1.61. The predicted molar refractivity (Wildman–Crippen MR) is 105 cm³/mol. The lowest BCUT2D eigenvalue weighted by Crippen LogP contribution is -2.17. The standard InChI is InChI=1S/C20H20N4O2S/c1-25-17-7-5-16(6-8-17)22-20-24(11-3-10-23-12-9-21-15-23)18(14-27-20)19-4-2-13-26-19/h2,4-9,12-15H,3,10-11H2,1H3. The SMILES string of the molecule is COc1ccc(N=c2scc(-c3ccco3)n2CCCn2ccnc2)cc1. The number of hydrogen-bond acceptors (Lipinski definition) is 5. The lowest BCUT2D eigenvalue weighted by molar-refractivity contribution is 0.415. The predicted octanol–water partition coefficient (Wildman–Crippen LogP) is 4.34. The van der Waals surface area contributed by atoms with Crippen LogP contribution in [0.4, 0.5) is 5.69 Å². The van der Waals surface area contributed by atoms with Gasteiger partial charge in [0.2, 0.25) is 0 Å². The summed E-state index contributed by atoms with van der Waals surface area (Å²) in [4.78, 5) is 9.87. The number of benzene rings is 1. The third kappa shape index (κ3) is 4.03. The molecule has 0 amide bonds. The lowest BCUT2D eigenvalue weighted by atomic mass is 10.3. The van der Waals surface area contributed by atoms with Crippen LogP contribution in [0.15, 0.2) is 76.2 Å². The number of methoxy groups -OCH3 is 1. The number of aryl methyl sites for hydroxylation is 1. The molecule has 7 heteroatoms. The fourth-order valence-electron chi connectivity index (χ4n) is 2.85. The van der Waals surface area contributed by atoms with Gasteiger partial charge in [0.1, 0.15) is 5.75 Å². The Morgan fingerprint density at radius 1 is 1.19 bits per heavy atom. The molecule has 0 saturated heterocycles. The highest BCUT2D eigenvalue weighted by Crippen LogP contribution is 2.22. The molecule has 0 N–H and O–H groups in total. The Bertz CT molecular complexity index is 1030. The van der Waals surface area contributed by atoms with Crippen molar-refractivity contribution < 1.29 is 9.15 Å². The minimum Gasteiger partial charge on any atom is -0.497 e. The Kier molecular flexibility index (Phi) is 5.20. The molecule has 6 nitrogen and oxygen atoms in total. The van der Waals surface area contributed by atoms with Crippen molar-refractivity contribution in [1.29, 1.82) is 0 Å². The first-order valence-electron chi connectivity index (χ1n) is 8.70. The maximum atomic E-state index is 5.62. The van der Waals surface area contributed by atoms with Gasteiger partial charge in [-0.05, 0) is 42.8 Å². The van der Waals surface area contributed by atoms with Gasteiger partial charge in [0.25, 0.3) is 0 Å². The van der Waals surface area contributed by atoms with Crippen molar-refractivity contribution in [3.8, 4) is 17.2 Å². The molecule has 0 aliphatic carbocycles. The summed E-state index contributed by atoms with van der Waals surface area (Å²) in [5.74, 6) is 1.68. The number of rotatable bonds is 7. The number of aromatic nitrogens is 3. The van der Waals surface area contributed by atoms with E-state index in [1.54, 1.807) is 30.9 Å². The molecule has 138 valence electrons. The van der Waals surface area contributed by atoms with Crippen molar-refractivity contribution in [2.75, 3.05) is 7.11 Å². The van der Waals surface area contributed by atoms with Crippen LogP contribution in [0.25, 0.3) is 11.5 Å². The fourth-order valence-corrected chi connectivity index (χ4v) is 3.79. The van der Waals surface area contributed by atoms with Gasteiger partial charge in [0, 0.05) is 30.9 Å². The molecule has 3 heterocycles. The van der Waals surface area contributed by atoms with Crippen LogP contribution in [0.1, 0.15) is 6.42 Å². The second kappa shape index (κ2) is 8.09. The Morgan fingerprint density at radius 2 is 2.07 bits per heavy atom. The van der Waals surface area contributed by atoms with Crippen LogP contribution in [0.3, 0.4) is 0 Å². The largest absolute Gasteiger partial charge is 0.497 e. The zero-order valence-corrected chi connectivity index (χ0v) is 15.8. The number of thiazole rings is 1. The summed E-state index contributed by atoms with van der Waals surface area (Å²) in [5.41, 5.74) is 1.94. The molecule has 4 aromatic rings. The average molecular weight is 380 g/mol. The third-order valence-corrected chi connectivity index (χ3v) is 5.09. The molecule has 0 saturated carbocycles. The van der Waals surface area contributed by atoms with Gasteiger partial charge in [-0.25, -0.2) is 9.98 Å². The van der Waals surface area contributed by atoms with Crippen LogP contribution in [0.5, 0.6) is 5.75 Å². The highest BCUT2D eigenvalue weighted by atomic mass is 32.1. The van der Waals surface area contributed by atoms with Crippen molar-refractivity contribution in [3.63, 3.8) is 0 Å². The zero-order chi connectivity index (χ0) is 18.5. The molecule has 0 radical (unpaired) electrons. The number of furan rings is 1. The first-order valence-corrected chi connectivity index (χ1v) is 9.58. The number of imidazole rings is 1. The van der Waals surface area contributed by atoms with E-state index in [2.05, 4.69) is 19.5 Å². The highest BCUT2D eigenvalue weighted by molar-refractivity contribution is 7.07. The maximum Gasteiger partial charge on any atom is 0.190 e. The van der Waals surface area contributed by atoms with Crippen molar-refractivity contribution >= 4 is 17.0 Å². The number of ether oxygens (including phenoxy) is 1. The molecule has 0 aliphatic heterocycles. The van der Waals surface area contributed by atoms with Crippen molar-refractivity contribution in [2.24, 2.45) is 4.99 Å². The normalized spacial score (nSPS) is 11.8. The quantitative estimate of drug-likeness (QED) is 0.479. The second-order valence-electron chi connectivity index (χ2n) is 6.00. The highest BCUT2D eigenvalue weighted by Gasteiger charge is 2.10. The molecular formula is C20H20N4O2S. The van der Waals surface area contributed by atoms with Crippen molar-refractivity contribution in [1.82, 2.24) is 14.1 Å². The molecule has 3 aromatic heterocycles. The van der Waals surface area contributed by atoms with Crippen LogP contribution in [-0.2, 0) is 13.1 Å². The smallest absolute Gasteiger partial charge is 0.190 e. The molecule has 0 unspecified atom stereocenters. The second-order valence-corrected chi connectivity index (χ2v) is 6.83. The van der Waals surface area contributed by atoms with Gasteiger partial charge >= 0.3 is 0 Å². The van der Waals surface area contributed by atoms with E-state index >= 15 is 0 Å². The van der Waals surface area contributed by atoms with E-state index in [-0.39, 0.29) is 0 Å². The van der Waals surface area contributed by atoms with Crippen molar-refractivity contribution in [3.05, 3.63) is 71.6 Å². The zero-order valence-electron chi connectivity index (χ0n) is 15.0. The molecule has 0 bridgehead atoms. The van der Waals surface area contributed by atoms with Crippen molar-refractivity contribution in [2.45, 2.75) is 19.5 Å². The first-order chi connectivity index (χ1) is 13.3. The number of nitrogens with zero attached hydrogens (tertiary/aromatic N) is 4. The van der Waals surface area contributed by atoms with E-state index in [9.17, 15) is 0 Å². The summed E-state index contributed by atoms with van der Waals surface area (Å²) in [6.07, 6.45) is 8.29. The third-order valence-electron chi connectivity index (χ3n) is 4.23. The van der Waals surface area contributed by atoms with Gasteiger partial charge in [-0.3, -0.25) is 0 Å². The van der Waals surface area contributed by atoms with Gasteiger partial charge < -0.3 is 18.3 Å². The van der Waals surface area contributed by atoms with E-state index in [4.69, 9.17) is 14.1 Å². The summed E-state index contributed by atoms with van der Waals surface area (Å²) in [7, 11) is 1.66. The van der Waals surface area contributed by atoms with Gasteiger partial charge in [0.05, 0.1) is 31.1 Å². The van der Waals surface area contributed by atoms with Gasteiger partial charge in [-0.2, -0.15) is 0 Å². The molecule has 1 aromatic carbocycles. The van der Waals surface area contributed by atoms with Crippen LogP contribution < -0.4 is 9.54 Å². The Labute approximate surface area is 161 Å². The average Bonchev–Trinajstić information content (AvgIpc) is 3.45. The van der Waals surface area contributed by atoms with E-state index in [1.165, 1.54) is 0 Å². The van der Waals surface area contributed by atoms with E-state index < -0.39 is 0 Å². The summed E-state index contributed by atoms with van der Waals surface area (Å²) in [6.45, 7) is 1.75. The number of hydrogen-bond donors (Lipinski definition) is 0. The Hall–Kier alpha value is -3.06. The maximum absolute atomic E-state index is 5.62. The van der Waals surface area contributed by atoms with Gasteiger partial charge in [-0.15, -0.1) is 11.3 Å². The van der Waals surface area contributed by atoms with Crippen LogP contribution in [-0.4, -0.2) is 21.2 Å². The first kappa shape index (κ1) is 17.4. The van der Waals surface area contributed by atoms with Crippen LogP contribution in [0.2, 0.25) is 0 Å². The summed E-state index contributed by atoms with van der Waals surface area (Å²) in [5, 5.41) is 2.10. The molecular weight excluding hydrogens is 360 g/mol. The molecule has 0 atom stereocenters. The molecule has 0 aliphatic rings. The molecule has 0 spiro atoms. The van der Waals surface area contributed by atoms with E-state index in [1.807, 2.05) is 48.9 Å². The summed E-state index contributed by atoms with van der Waals surface area (Å²) < 4.78 is 15.1. The molecule has 27 heavy (non-hydrogen) atoms. The van der Waals surface area contributed by atoms with E-state index in [0.717, 1.165) is 47.2 Å². The molecule has 4 rings (SSSR count).